The highest BCUT2D eigenvalue weighted by atomic mass is 79.9. The molecule has 0 bridgehead atoms. The average molecular weight is 514 g/mol. The molecule has 0 aliphatic carbocycles. The number of rotatable bonds is 10. The Morgan fingerprint density at radius 3 is 2.79 bits per heavy atom. The maximum absolute atomic E-state index is 12.1. The van der Waals surface area contributed by atoms with E-state index in [0.29, 0.717) is 41.0 Å². The fourth-order valence-electron chi connectivity index (χ4n) is 3.14. The number of nitrogens with one attached hydrogen (secondary N) is 3. The number of hydrogen-bond acceptors (Lipinski definition) is 7. The molecule has 3 rings (SSSR count). The first-order valence-electron chi connectivity index (χ1n) is 10.3. The van der Waals surface area contributed by atoms with Crippen molar-refractivity contribution in [2.24, 2.45) is 0 Å². The Hall–Kier alpha value is -3.50. The van der Waals surface area contributed by atoms with E-state index in [1.807, 2.05) is 31.2 Å². The third kappa shape index (κ3) is 6.50. The molecule has 0 aliphatic heterocycles. The van der Waals surface area contributed by atoms with Gasteiger partial charge in [-0.05, 0) is 43.2 Å². The summed E-state index contributed by atoms with van der Waals surface area (Å²) in [6, 6.07) is 11.1. The minimum absolute atomic E-state index is 0.0970. The number of carbonyl (C=O) groups is 2. The number of carbonyl (C=O) groups excluding carboxylic acids is 2. The first-order valence-corrected chi connectivity index (χ1v) is 11.1. The Balaban J connectivity index is 1.98. The maximum Gasteiger partial charge on any atom is 0.247 e. The van der Waals surface area contributed by atoms with E-state index in [0.717, 1.165) is 10.2 Å². The van der Waals surface area contributed by atoms with E-state index in [9.17, 15) is 9.59 Å². The highest BCUT2D eigenvalue weighted by Gasteiger charge is 2.17. The second-order valence-electron chi connectivity index (χ2n) is 7.14. The third-order valence-electron chi connectivity index (χ3n) is 4.83. The fraction of sp³-hybridized carbons (Fsp3) is 0.217. The molecule has 1 atom stereocenters. The number of anilines is 3. The van der Waals surface area contributed by atoms with Gasteiger partial charge in [0, 0.05) is 28.0 Å². The SMILES string of the molecule is C=CC(=O)Nc1cc2c(Nc3cccc(Br)c3)ncnc2cc1OC(CC)CCC(=O)NO. The number of aromatic nitrogens is 2. The number of hydrogen-bond donors (Lipinski definition) is 4. The average Bonchev–Trinajstić information content (AvgIpc) is 2.81. The lowest BCUT2D eigenvalue weighted by Gasteiger charge is -2.20. The van der Waals surface area contributed by atoms with E-state index in [1.165, 1.54) is 12.4 Å². The van der Waals surface area contributed by atoms with Crippen LogP contribution in [0.1, 0.15) is 26.2 Å². The summed E-state index contributed by atoms with van der Waals surface area (Å²) < 4.78 is 7.04. The van der Waals surface area contributed by atoms with Gasteiger partial charge in [0.05, 0.1) is 17.3 Å². The summed E-state index contributed by atoms with van der Waals surface area (Å²) in [4.78, 5) is 32.2. The number of amides is 2. The van der Waals surface area contributed by atoms with Crippen molar-refractivity contribution < 1.29 is 19.5 Å². The molecule has 0 saturated heterocycles. The van der Waals surface area contributed by atoms with E-state index in [1.54, 1.807) is 17.6 Å². The first-order chi connectivity index (χ1) is 15.9. The predicted molar refractivity (Wildman–Crippen MR) is 130 cm³/mol. The van der Waals surface area contributed by atoms with Crippen LogP contribution in [0.4, 0.5) is 17.2 Å². The number of fused-ring (bicyclic) bond motifs is 1. The number of benzene rings is 2. The lowest BCUT2D eigenvalue weighted by molar-refractivity contribution is -0.129. The van der Waals surface area contributed by atoms with Crippen molar-refractivity contribution in [3.8, 4) is 5.75 Å². The predicted octanol–water partition coefficient (Wildman–Crippen LogP) is 4.70. The third-order valence-corrected chi connectivity index (χ3v) is 5.33. The topological polar surface area (TPSA) is 125 Å². The summed E-state index contributed by atoms with van der Waals surface area (Å²) in [7, 11) is 0. The number of hydroxylamine groups is 1. The van der Waals surface area contributed by atoms with Gasteiger partial charge < -0.3 is 15.4 Å². The van der Waals surface area contributed by atoms with Gasteiger partial charge in [-0.3, -0.25) is 14.8 Å². The van der Waals surface area contributed by atoms with E-state index < -0.39 is 11.8 Å². The molecule has 3 aromatic rings. The zero-order valence-corrected chi connectivity index (χ0v) is 19.6. The molecule has 0 aliphatic rings. The van der Waals surface area contributed by atoms with Gasteiger partial charge in [0.25, 0.3) is 0 Å². The van der Waals surface area contributed by atoms with Gasteiger partial charge in [-0.1, -0.05) is 35.5 Å². The summed E-state index contributed by atoms with van der Waals surface area (Å²) in [6.45, 7) is 5.43. The Kier molecular flexibility index (Phi) is 8.34. The molecular formula is C23H24BrN5O4. The fourth-order valence-corrected chi connectivity index (χ4v) is 3.54. The van der Waals surface area contributed by atoms with Crippen molar-refractivity contribution in [2.75, 3.05) is 10.6 Å². The molecular weight excluding hydrogens is 490 g/mol. The minimum atomic E-state index is -0.494. The van der Waals surface area contributed by atoms with Crippen LogP contribution in [-0.4, -0.2) is 33.1 Å². The van der Waals surface area contributed by atoms with Crippen LogP contribution in [0.3, 0.4) is 0 Å². The van der Waals surface area contributed by atoms with Gasteiger partial charge in [-0.15, -0.1) is 0 Å². The maximum atomic E-state index is 12.1. The second-order valence-corrected chi connectivity index (χ2v) is 8.05. The Bertz CT molecular complexity index is 1170. The molecule has 33 heavy (non-hydrogen) atoms. The van der Waals surface area contributed by atoms with Crippen molar-refractivity contribution >= 4 is 55.8 Å². The van der Waals surface area contributed by atoms with Crippen LogP contribution in [0.2, 0.25) is 0 Å². The van der Waals surface area contributed by atoms with Gasteiger partial charge in [-0.25, -0.2) is 15.4 Å². The van der Waals surface area contributed by atoms with Crippen LogP contribution in [0.15, 0.2) is 59.9 Å². The first kappa shape index (κ1) is 24.1. The summed E-state index contributed by atoms with van der Waals surface area (Å²) in [6.07, 6.45) is 3.39. The van der Waals surface area contributed by atoms with Crippen molar-refractivity contribution in [3.63, 3.8) is 0 Å². The lowest BCUT2D eigenvalue weighted by atomic mass is 10.1. The van der Waals surface area contributed by atoms with Crippen LogP contribution in [0, 0.1) is 0 Å². The highest BCUT2D eigenvalue weighted by Crippen LogP contribution is 2.34. The minimum Gasteiger partial charge on any atom is -0.488 e. The quantitative estimate of drug-likeness (QED) is 0.176. The van der Waals surface area contributed by atoms with Gasteiger partial charge >= 0.3 is 0 Å². The Morgan fingerprint density at radius 1 is 1.27 bits per heavy atom. The molecule has 2 amide bonds. The summed E-state index contributed by atoms with van der Waals surface area (Å²) in [5.74, 6) is 0.0727. The monoisotopic (exact) mass is 513 g/mol. The Morgan fingerprint density at radius 2 is 2.09 bits per heavy atom. The molecule has 9 nitrogen and oxygen atoms in total. The van der Waals surface area contributed by atoms with E-state index in [2.05, 4.69) is 43.1 Å². The normalized spacial score (nSPS) is 11.5. The largest absolute Gasteiger partial charge is 0.488 e. The molecule has 2 aromatic carbocycles. The van der Waals surface area contributed by atoms with Crippen LogP contribution >= 0.6 is 15.9 Å². The number of halogens is 1. The van der Waals surface area contributed by atoms with Crippen molar-refractivity contribution in [3.05, 3.63) is 59.9 Å². The molecule has 0 spiro atoms. The molecule has 10 heteroatoms. The van der Waals surface area contributed by atoms with E-state index in [-0.39, 0.29) is 12.5 Å². The van der Waals surface area contributed by atoms with Crippen LogP contribution in [0.5, 0.6) is 5.75 Å². The number of nitrogens with zero attached hydrogens (tertiary/aromatic N) is 2. The summed E-state index contributed by atoms with van der Waals surface area (Å²) >= 11 is 3.45. The van der Waals surface area contributed by atoms with Crippen molar-refractivity contribution in [2.45, 2.75) is 32.3 Å². The van der Waals surface area contributed by atoms with Gasteiger partial charge in [0.1, 0.15) is 17.9 Å². The van der Waals surface area contributed by atoms with Crippen LogP contribution < -0.4 is 20.9 Å². The summed E-state index contributed by atoms with van der Waals surface area (Å²) in [5.41, 5.74) is 3.48. The van der Waals surface area contributed by atoms with E-state index in [4.69, 9.17) is 9.94 Å². The van der Waals surface area contributed by atoms with Gasteiger partial charge in [0.2, 0.25) is 11.8 Å². The van der Waals surface area contributed by atoms with Crippen LogP contribution in [-0.2, 0) is 9.59 Å². The second kappa shape index (κ2) is 11.4. The zero-order chi connectivity index (χ0) is 23.8. The highest BCUT2D eigenvalue weighted by molar-refractivity contribution is 9.10. The van der Waals surface area contributed by atoms with Crippen LogP contribution in [0.25, 0.3) is 10.9 Å². The zero-order valence-electron chi connectivity index (χ0n) is 18.0. The summed E-state index contributed by atoms with van der Waals surface area (Å²) in [5, 5.41) is 15.4. The molecule has 4 N–H and O–H groups in total. The molecule has 1 unspecified atom stereocenters. The Labute approximate surface area is 199 Å². The van der Waals surface area contributed by atoms with Crippen molar-refractivity contribution in [1.29, 1.82) is 0 Å². The lowest BCUT2D eigenvalue weighted by Crippen LogP contribution is -2.23. The molecule has 0 radical (unpaired) electrons. The molecule has 172 valence electrons. The molecule has 0 fully saturated rings. The number of ether oxygens (including phenoxy) is 1. The van der Waals surface area contributed by atoms with Crippen molar-refractivity contribution in [1.82, 2.24) is 15.4 Å². The van der Waals surface area contributed by atoms with Gasteiger partial charge in [-0.2, -0.15) is 0 Å². The molecule has 1 aromatic heterocycles. The molecule has 0 saturated carbocycles. The molecule has 1 heterocycles. The van der Waals surface area contributed by atoms with Gasteiger partial charge in [0.15, 0.2) is 0 Å². The standard InChI is InChI=1S/C23H24BrN5O4/c1-3-16(8-9-22(31)29-32)33-20-12-18-17(11-19(20)28-21(30)4-2)23(26-13-25-18)27-15-7-5-6-14(24)10-15/h4-7,10-13,16,32H,2-3,8-9H2,1H3,(H,28,30)(H,29,31)(H,25,26,27). The smallest absolute Gasteiger partial charge is 0.247 e. The van der Waals surface area contributed by atoms with E-state index >= 15 is 0 Å².